The van der Waals surface area contributed by atoms with E-state index in [9.17, 15) is 8.78 Å². The average molecular weight is 335 g/mol. The summed E-state index contributed by atoms with van der Waals surface area (Å²) in [6.45, 7) is 0. The number of rotatable bonds is 2. The summed E-state index contributed by atoms with van der Waals surface area (Å²) in [6, 6.07) is 9.16. The molecule has 0 saturated carbocycles. The Morgan fingerprint density at radius 2 is 1.95 bits per heavy atom. The van der Waals surface area contributed by atoms with E-state index in [-0.39, 0.29) is 11.2 Å². The maximum atomic E-state index is 13.7. The molecule has 2 aromatic carbocycles. The molecule has 0 unspecified atom stereocenters. The van der Waals surface area contributed by atoms with E-state index in [1.165, 1.54) is 12.3 Å². The van der Waals surface area contributed by atoms with Crippen LogP contribution in [-0.4, -0.2) is 10.7 Å². The van der Waals surface area contributed by atoms with E-state index in [1.807, 2.05) is 0 Å². The summed E-state index contributed by atoms with van der Waals surface area (Å²) in [6.07, 6.45) is 1.33. The Hall–Kier alpha value is -1.98. The van der Waals surface area contributed by atoms with Gasteiger partial charge in [-0.3, -0.25) is 10.4 Å². The summed E-state index contributed by atoms with van der Waals surface area (Å²) < 4.78 is 26.8. The summed E-state index contributed by atoms with van der Waals surface area (Å²) in [5.41, 5.74) is 1.11. The van der Waals surface area contributed by atoms with Gasteiger partial charge in [-0.2, -0.15) is 0 Å². The highest BCUT2D eigenvalue weighted by Crippen LogP contribution is 2.27. The average Bonchev–Trinajstić information content (AvgIpc) is 2.53. The fourth-order valence-corrected chi connectivity index (χ4v) is 2.59. The first-order valence-electron chi connectivity index (χ1n) is 6.29. The number of thiol groups is 1. The number of nitrogens with one attached hydrogen (secondary N) is 1. The summed E-state index contributed by atoms with van der Waals surface area (Å²) in [5.74, 6) is -1.94. The first-order valence-corrected chi connectivity index (χ1v) is 7.12. The van der Waals surface area contributed by atoms with Crippen LogP contribution in [0, 0.1) is 17.0 Å². The monoisotopic (exact) mass is 334 g/mol. The lowest BCUT2D eigenvalue weighted by molar-refractivity contribution is 0.515. The number of hydrogen-bond acceptors (Lipinski definition) is 3. The largest absolute Gasteiger partial charge is 0.300 e. The Morgan fingerprint density at radius 1 is 1.18 bits per heavy atom. The minimum Gasteiger partial charge on any atom is -0.300 e. The molecule has 0 amide bonds. The highest BCUT2D eigenvalue weighted by molar-refractivity contribution is 7.80. The van der Waals surface area contributed by atoms with Gasteiger partial charge in [-0.05, 0) is 24.3 Å². The number of benzene rings is 2. The van der Waals surface area contributed by atoms with Crippen LogP contribution in [0.1, 0.15) is 11.1 Å². The van der Waals surface area contributed by atoms with Crippen molar-refractivity contribution in [3.05, 3.63) is 70.4 Å². The maximum Gasteiger partial charge on any atom is 0.184 e. The molecule has 0 spiro atoms. The van der Waals surface area contributed by atoms with Gasteiger partial charge in [-0.25, -0.2) is 8.78 Å². The SMILES string of the molecule is N=C(c1cnc2c(F)c(F)ccc2c1)c1cccc(Cl)c1S. The lowest BCUT2D eigenvalue weighted by Crippen LogP contribution is -2.04. The van der Waals surface area contributed by atoms with Crippen LogP contribution in [0.5, 0.6) is 0 Å². The van der Waals surface area contributed by atoms with Gasteiger partial charge in [-0.1, -0.05) is 23.7 Å². The number of halogens is 3. The van der Waals surface area contributed by atoms with Crippen LogP contribution in [0.4, 0.5) is 8.78 Å². The second-order valence-corrected chi connectivity index (χ2v) is 5.52. The van der Waals surface area contributed by atoms with E-state index in [2.05, 4.69) is 17.6 Å². The van der Waals surface area contributed by atoms with Gasteiger partial charge < -0.3 is 0 Å². The predicted molar refractivity (Wildman–Crippen MR) is 86.3 cm³/mol. The van der Waals surface area contributed by atoms with Crippen molar-refractivity contribution in [3.8, 4) is 0 Å². The standard InChI is InChI=1S/C16H9ClF2N2S/c17-11-3-1-2-10(16(11)22)14(20)9-6-8-4-5-12(18)13(19)15(8)21-7-9/h1-7,20,22H. The zero-order chi connectivity index (χ0) is 15.9. The molecule has 0 aliphatic heterocycles. The van der Waals surface area contributed by atoms with Crippen LogP contribution >= 0.6 is 24.2 Å². The highest BCUT2D eigenvalue weighted by atomic mass is 35.5. The predicted octanol–water partition coefficient (Wildman–Crippen LogP) is 4.87. The maximum absolute atomic E-state index is 13.7. The van der Waals surface area contributed by atoms with E-state index in [0.717, 1.165) is 6.07 Å². The first kappa shape index (κ1) is 14.9. The third-order valence-electron chi connectivity index (χ3n) is 3.29. The summed E-state index contributed by atoms with van der Waals surface area (Å²) in [5, 5.41) is 9.12. The van der Waals surface area contributed by atoms with Gasteiger partial charge in [0.25, 0.3) is 0 Å². The van der Waals surface area contributed by atoms with E-state index in [4.69, 9.17) is 17.0 Å². The molecule has 1 heterocycles. The highest BCUT2D eigenvalue weighted by Gasteiger charge is 2.14. The Balaban J connectivity index is 2.12. The van der Waals surface area contributed by atoms with E-state index >= 15 is 0 Å². The zero-order valence-corrected chi connectivity index (χ0v) is 12.7. The molecule has 0 aliphatic rings. The Bertz CT molecular complexity index is 912. The van der Waals surface area contributed by atoms with E-state index in [1.54, 1.807) is 24.3 Å². The number of pyridine rings is 1. The minimum absolute atomic E-state index is 0.0614. The Morgan fingerprint density at radius 3 is 2.73 bits per heavy atom. The molecule has 0 radical (unpaired) electrons. The molecule has 110 valence electrons. The summed E-state index contributed by atoms with van der Waals surface area (Å²) in [4.78, 5) is 4.41. The van der Waals surface area contributed by atoms with Crippen molar-refractivity contribution < 1.29 is 8.78 Å². The van der Waals surface area contributed by atoms with Crippen LogP contribution in [-0.2, 0) is 0 Å². The molecule has 0 fully saturated rings. The van der Waals surface area contributed by atoms with Gasteiger partial charge in [0.1, 0.15) is 5.52 Å². The molecule has 0 saturated heterocycles. The first-order chi connectivity index (χ1) is 10.5. The second-order valence-electron chi connectivity index (χ2n) is 4.67. The van der Waals surface area contributed by atoms with Crippen LogP contribution in [0.15, 0.2) is 47.5 Å². The fourth-order valence-electron chi connectivity index (χ4n) is 2.15. The van der Waals surface area contributed by atoms with Crippen LogP contribution in [0.25, 0.3) is 10.9 Å². The third kappa shape index (κ3) is 2.46. The minimum atomic E-state index is -0.992. The third-order valence-corrected chi connectivity index (χ3v) is 4.22. The Kier molecular flexibility index (Phi) is 3.85. The normalized spacial score (nSPS) is 10.9. The molecule has 22 heavy (non-hydrogen) atoms. The van der Waals surface area contributed by atoms with Crippen molar-refractivity contribution in [2.75, 3.05) is 0 Å². The van der Waals surface area contributed by atoms with Crippen LogP contribution in [0.3, 0.4) is 0 Å². The van der Waals surface area contributed by atoms with Gasteiger partial charge in [0.2, 0.25) is 0 Å². The number of hydrogen-bond donors (Lipinski definition) is 2. The van der Waals surface area contributed by atoms with Crippen molar-refractivity contribution in [2.24, 2.45) is 0 Å². The molecule has 6 heteroatoms. The van der Waals surface area contributed by atoms with Gasteiger partial charge >= 0.3 is 0 Å². The molecular formula is C16H9ClF2N2S. The molecular weight excluding hydrogens is 326 g/mol. The molecule has 0 aliphatic carbocycles. The van der Waals surface area contributed by atoms with Crippen molar-refractivity contribution in [3.63, 3.8) is 0 Å². The van der Waals surface area contributed by atoms with E-state index < -0.39 is 11.6 Å². The number of aromatic nitrogens is 1. The number of fused-ring (bicyclic) bond motifs is 1. The number of nitrogens with zero attached hydrogens (tertiary/aromatic N) is 1. The Labute approximate surface area is 135 Å². The molecule has 3 rings (SSSR count). The van der Waals surface area contributed by atoms with Crippen LogP contribution in [0.2, 0.25) is 5.02 Å². The molecule has 1 aromatic heterocycles. The van der Waals surface area contributed by atoms with Crippen molar-refractivity contribution in [1.82, 2.24) is 4.98 Å². The second kappa shape index (κ2) is 5.66. The topological polar surface area (TPSA) is 36.7 Å². The zero-order valence-electron chi connectivity index (χ0n) is 11.1. The van der Waals surface area contributed by atoms with E-state index in [0.29, 0.717) is 26.4 Å². The van der Waals surface area contributed by atoms with Crippen LogP contribution < -0.4 is 0 Å². The molecule has 2 nitrogen and oxygen atoms in total. The van der Waals surface area contributed by atoms with Gasteiger partial charge in [0.05, 0.1) is 10.7 Å². The lowest BCUT2D eigenvalue weighted by Gasteiger charge is -2.09. The fraction of sp³-hybridized carbons (Fsp3) is 0. The molecule has 0 bridgehead atoms. The summed E-state index contributed by atoms with van der Waals surface area (Å²) >= 11 is 10.3. The van der Waals surface area contributed by atoms with Gasteiger partial charge in [0, 0.05) is 27.6 Å². The van der Waals surface area contributed by atoms with Crippen molar-refractivity contribution in [1.29, 1.82) is 5.41 Å². The smallest absolute Gasteiger partial charge is 0.184 e. The summed E-state index contributed by atoms with van der Waals surface area (Å²) in [7, 11) is 0. The molecule has 1 N–H and O–H groups in total. The lowest BCUT2D eigenvalue weighted by atomic mass is 10.0. The van der Waals surface area contributed by atoms with Crippen molar-refractivity contribution >= 4 is 40.8 Å². The molecule has 3 aromatic rings. The quantitative estimate of drug-likeness (QED) is 0.509. The van der Waals surface area contributed by atoms with Crippen molar-refractivity contribution in [2.45, 2.75) is 4.90 Å². The molecule has 0 atom stereocenters. The van der Waals surface area contributed by atoms with Gasteiger partial charge in [-0.15, -0.1) is 12.6 Å². The van der Waals surface area contributed by atoms with Gasteiger partial charge in [0.15, 0.2) is 11.6 Å².